The summed E-state index contributed by atoms with van der Waals surface area (Å²) >= 11 is 5.52. The molecule has 0 bridgehead atoms. The van der Waals surface area contributed by atoms with Crippen LogP contribution in [0.3, 0.4) is 0 Å². The van der Waals surface area contributed by atoms with Crippen LogP contribution in [-0.2, 0) is 38.1 Å². The smallest absolute Gasteiger partial charge is 0.869 e. The monoisotopic (exact) mass is 602 g/mol. The summed E-state index contributed by atoms with van der Waals surface area (Å²) < 4.78 is 30.6. The van der Waals surface area contributed by atoms with Crippen molar-refractivity contribution in [2.45, 2.75) is 128 Å². The average molecular weight is 603 g/mol. The molecule has 5 aliphatic rings. The van der Waals surface area contributed by atoms with Gasteiger partial charge in [0, 0.05) is 12.0 Å². The van der Waals surface area contributed by atoms with Crippen molar-refractivity contribution in [2.24, 2.45) is 17.8 Å². The normalized spacial score (nSPS) is 43.8. The van der Waals surface area contributed by atoms with Crippen LogP contribution >= 0.6 is 11.6 Å². The van der Waals surface area contributed by atoms with Crippen molar-refractivity contribution in [3.05, 3.63) is 22.6 Å². The third-order valence-electron chi connectivity index (χ3n) is 9.80. The molecular weight excluding hydrogens is 563 g/mol. The van der Waals surface area contributed by atoms with E-state index in [1.807, 2.05) is 13.8 Å². The van der Waals surface area contributed by atoms with E-state index in [1.165, 1.54) is 0 Å². The van der Waals surface area contributed by atoms with Crippen LogP contribution in [0.1, 0.15) is 86.0 Å². The molecule has 9 nitrogen and oxygen atoms in total. The number of carbonyl (C=O) groups excluding carboxylic acids is 3. The second kappa shape index (κ2) is 12.6. The summed E-state index contributed by atoms with van der Waals surface area (Å²) in [5.41, 5.74) is -0.727. The molecule has 0 aromatic heterocycles. The van der Waals surface area contributed by atoms with Crippen LogP contribution in [0.25, 0.3) is 0 Å². The van der Waals surface area contributed by atoms with Gasteiger partial charge < -0.3 is 28.8 Å². The van der Waals surface area contributed by atoms with E-state index in [-0.39, 0.29) is 89.9 Å². The third kappa shape index (κ3) is 6.06. The van der Waals surface area contributed by atoms with E-state index in [4.69, 9.17) is 35.3 Å². The molecule has 5 rings (SSSR count). The summed E-state index contributed by atoms with van der Waals surface area (Å²) in [7, 11) is 0. The second-order valence-corrected chi connectivity index (χ2v) is 12.9. The first kappa shape index (κ1) is 33.0. The Hall–Kier alpha value is -0.940. The Balaban J connectivity index is 0.00000387. The van der Waals surface area contributed by atoms with Crippen LogP contribution in [0.15, 0.2) is 22.6 Å². The SMILES string of the molecule is CC[C@@]1([C@@H]2O[C@@H]([C@H]3OC(=O)[C@H](C)C[C@@H]3C)C[C@@H]2C)CC[C@H]([C@]2(C)CC[C@@H](CC(=O)C3=C([O-])/C(=C/Cl)OC3=O)O2)O1.[Na+]. The van der Waals surface area contributed by atoms with Crippen molar-refractivity contribution < 1.29 is 72.7 Å². The number of carbonyl (C=O) groups is 3. The second-order valence-electron chi connectivity index (χ2n) is 12.7. The first-order valence-corrected chi connectivity index (χ1v) is 15.0. The fourth-order valence-electron chi connectivity index (χ4n) is 7.56. The zero-order chi connectivity index (χ0) is 29.0. The van der Waals surface area contributed by atoms with Crippen LogP contribution in [-0.4, -0.2) is 59.4 Å². The van der Waals surface area contributed by atoms with Gasteiger partial charge in [-0.15, -0.1) is 0 Å². The van der Waals surface area contributed by atoms with E-state index < -0.39 is 40.4 Å². The van der Waals surface area contributed by atoms with Gasteiger partial charge in [-0.1, -0.05) is 39.3 Å². The van der Waals surface area contributed by atoms with Gasteiger partial charge in [-0.25, -0.2) is 4.79 Å². The predicted molar refractivity (Wildman–Crippen MR) is 142 cm³/mol. The Morgan fingerprint density at radius 2 is 1.83 bits per heavy atom. The van der Waals surface area contributed by atoms with Gasteiger partial charge in [-0.05, 0) is 69.5 Å². The summed E-state index contributed by atoms with van der Waals surface area (Å²) in [4.78, 5) is 37.2. The molecule has 0 aliphatic carbocycles. The Morgan fingerprint density at radius 1 is 1.10 bits per heavy atom. The maximum atomic E-state index is 12.8. The fourth-order valence-corrected chi connectivity index (χ4v) is 7.70. The van der Waals surface area contributed by atoms with Crippen molar-refractivity contribution in [1.82, 2.24) is 0 Å². The van der Waals surface area contributed by atoms with Crippen LogP contribution in [0, 0.1) is 17.8 Å². The van der Waals surface area contributed by atoms with Crippen LogP contribution in [0.5, 0.6) is 0 Å². The summed E-state index contributed by atoms with van der Waals surface area (Å²) in [6.07, 6.45) is 4.07. The summed E-state index contributed by atoms with van der Waals surface area (Å²) in [6.45, 7) is 10.4. The van der Waals surface area contributed by atoms with Gasteiger partial charge in [-0.2, -0.15) is 0 Å². The largest absolute Gasteiger partial charge is 1.00 e. The molecule has 41 heavy (non-hydrogen) atoms. The third-order valence-corrected chi connectivity index (χ3v) is 10.00. The summed E-state index contributed by atoms with van der Waals surface area (Å²) in [5, 5.41) is 12.3. The average Bonchev–Trinajstić information content (AvgIpc) is 3.67. The van der Waals surface area contributed by atoms with Crippen molar-refractivity contribution in [1.29, 1.82) is 0 Å². The molecule has 222 valence electrons. The molecule has 0 radical (unpaired) electrons. The number of hydrogen-bond acceptors (Lipinski definition) is 9. The van der Waals surface area contributed by atoms with Crippen molar-refractivity contribution in [2.75, 3.05) is 0 Å². The van der Waals surface area contributed by atoms with E-state index in [1.54, 1.807) is 0 Å². The van der Waals surface area contributed by atoms with E-state index in [9.17, 15) is 19.5 Å². The Labute approximate surface area is 268 Å². The number of cyclic esters (lactones) is 2. The number of hydrogen-bond donors (Lipinski definition) is 0. The van der Waals surface area contributed by atoms with Gasteiger partial charge in [0.2, 0.25) is 0 Å². The Kier molecular flexibility index (Phi) is 10.1. The standard InChI is InChI=1S/C30H41ClO9.Na/c1-6-30(26-16(3)12-20(36-26)25-15(2)11-17(4)27(34)38-25)10-8-22(40-30)29(5)9-7-18(39-29)13-19(32)23-24(33)21(14-31)37-28(23)35;/h14-18,20,22,25-26,33H,6-13H2,1-5H3;/q;+1/p-1/b21-14-;/t15-,16-,17+,18-,20+,22+,25-,26+,29-,30-;/m0./s1. The van der Waals surface area contributed by atoms with Crippen molar-refractivity contribution >= 4 is 29.3 Å². The zero-order valence-corrected chi connectivity index (χ0v) is 27.7. The molecule has 5 aliphatic heterocycles. The molecule has 4 fully saturated rings. The van der Waals surface area contributed by atoms with Crippen molar-refractivity contribution in [3.63, 3.8) is 0 Å². The number of rotatable bonds is 7. The molecule has 0 spiro atoms. The molecule has 0 N–H and O–H groups in total. The molecule has 0 saturated carbocycles. The van der Waals surface area contributed by atoms with Gasteiger partial charge in [0.25, 0.3) is 0 Å². The minimum Gasteiger partial charge on any atom is -0.869 e. The zero-order valence-electron chi connectivity index (χ0n) is 24.9. The van der Waals surface area contributed by atoms with Gasteiger partial charge in [-0.3, -0.25) is 9.59 Å². The number of esters is 2. The maximum absolute atomic E-state index is 12.8. The quantitative estimate of drug-likeness (QED) is 0.237. The minimum absolute atomic E-state index is 0. The number of ether oxygens (including phenoxy) is 5. The van der Waals surface area contributed by atoms with Crippen LogP contribution in [0.4, 0.5) is 0 Å². The molecule has 5 heterocycles. The van der Waals surface area contributed by atoms with Crippen LogP contribution in [0.2, 0.25) is 0 Å². The minimum atomic E-state index is -0.967. The summed E-state index contributed by atoms with van der Waals surface area (Å²) in [5.74, 6) is -2.44. The van der Waals surface area contributed by atoms with Gasteiger partial charge in [0.05, 0.1) is 47.1 Å². The first-order valence-electron chi connectivity index (χ1n) is 14.6. The molecule has 0 aromatic rings. The van der Waals surface area contributed by atoms with E-state index >= 15 is 0 Å². The van der Waals surface area contributed by atoms with Gasteiger partial charge in [0.1, 0.15) is 11.9 Å². The molecule has 4 saturated heterocycles. The molecule has 10 atom stereocenters. The molecule has 11 heteroatoms. The van der Waals surface area contributed by atoms with Gasteiger partial charge in [0.15, 0.2) is 5.78 Å². The summed E-state index contributed by atoms with van der Waals surface area (Å²) in [6, 6.07) is 0. The molecule has 0 aromatic carbocycles. The van der Waals surface area contributed by atoms with E-state index in [0.29, 0.717) is 12.8 Å². The predicted octanol–water partition coefficient (Wildman–Crippen LogP) is 0.848. The number of ketones is 1. The Morgan fingerprint density at radius 3 is 2.49 bits per heavy atom. The maximum Gasteiger partial charge on any atom is 1.00 e. The number of Topliss-reactive ketones (excluding diaryl/α,β-unsaturated/α-hetero) is 1. The van der Waals surface area contributed by atoms with Gasteiger partial charge >= 0.3 is 41.5 Å². The van der Waals surface area contributed by atoms with Crippen LogP contribution < -0.4 is 34.7 Å². The first-order chi connectivity index (χ1) is 18.9. The number of halogens is 1. The molecule has 0 amide bonds. The van der Waals surface area contributed by atoms with E-state index in [0.717, 1.165) is 37.6 Å². The topological polar surface area (TPSA) is 120 Å². The van der Waals surface area contributed by atoms with Crippen molar-refractivity contribution in [3.8, 4) is 0 Å². The Bertz CT molecular complexity index is 1120. The fraction of sp³-hybridized carbons (Fsp3) is 0.767. The molecule has 0 unspecified atom stereocenters. The van der Waals surface area contributed by atoms with E-state index in [2.05, 4.69) is 20.8 Å². The molecular formula is C30H40ClNaO9.